The summed E-state index contributed by atoms with van der Waals surface area (Å²) >= 11 is 1.60. The summed E-state index contributed by atoms with van der Waals surface area (Å²) in [4.78, 5) is 30.7. The SMILES string of the molecule is N#CCCCC(=O)N1CCN(C(=O)c2cc3c(s2)CCCCC3)CC(O)C1. The molecule has 146 valence electrons. The predicted octanol–water partition coefficient (Wildman–Crippen LogP) is 2.36. The molecular formula is C20H27N3O3S. The van der Waals surface area contributed by atoms with E-state index in [2.05, 4.69) is 0 Å². The molecule has 0 spiro atoms. The fraction of sp³-hybridized carbons (Fsp3) is 0.650. The van der Waals surface area contributed by atoms with Crippen molar-refractivity contribution in [3.05, 3.63) is 21.4 Å². The van der Waals surface area contributed by atoms with E-state index in [1.165, 1.54) is 29.7 Å². The van der Waals surface area contributed by atoms with Gasteiger partial charge in [-0.2, -0.15) is 5.26 Å². The number of aliphatic hydroxyl groups excluding tert-OH is 1. The molecule has 1 aliphatic carbocycles. The van der Waals surface area contributed by atoms with Crippen LogP contribution in [0.5, 0.6) is 0 Å². The van der Waals surface area contributed by atoms with Gasteiger partial charge in [-0.1, -0.05) is 6.42 Å². The summed E-state index contributed by atoms with van der Waals surface area (Å²) in [6.07, 6.45) is 6.19. The van der Waals surface area contributed by atoms with E-state index in [9.17, 15) is 14.7 Å². The van der Waals surface area contributed by atoms with Crippen molar-refractivity contribution in [2.45, 2.75) is 57.5 Å². The molecule has 1 saturated heterocycles. The van der Waals surface area contributed by atoms with Crippen LogP contribution in [0.1, 0.15) is 58.6 Å². The Morgan fingerprint density at radius 3 is 2.74 bits per heavy atom. The maximum atomic E-state index is 13.0. The predicted molar refractivity (Wildman–Crippen MR) is 104 cm³/mol. The number of β-amino-alcohol motifs (C(OH)–C–C–N with tert-alkyl or cyclic N) is 1. The Hall–Kier alpha value is -1.91. The topological polar surface area (TPSA) is 84.6 Å². The van der Waals surface area contributed by atoms with Crippen LogP contribution in [-0.2, 0) is 17.6 Å². The Labute approximate surface area is 164 Å². The monoisotopic (exact) mass is 389 g/mol. The van der Waals surface area contributed by atoms with Gasteiger partial charge in [0.15, 0.2) is 0 Å². The number of nitrogens with zero attached hydrogens (tertiary/aromatic N) is 3. The van der Waals surface area contributed by atoms with Crippen molar-refractivity contribution in [1.29, 1.82) is 5.26 Å². The molecule has 7 heteroatoms. The highest BCUT2D eigenvalue weighted by Crippen LogP contribution is 2.30. The van der Waals surface area contributed by atoms with Crippen molar-refractivity contribution in [2.75, 3.05) is 26.2 Å². The molecule has 1 unspecified atom stereocenters. The second-order valence-corrected chi connectivity index (χ2v) is 8.51. The molecule has 2 amide bonds. The molecule has 1 aliphatic heterocycles. The first-order valence-corrected chi connectivity index (χ1v) is 10.6. The van der Waals surface area contributed by atoms with Gasteiger partial charge in [0.25, 0.3) is 5.91 Å². The number of nitriles is 1. The molecule has 0 saturated carbocycles. The maximum Gasteiger partial charge on any atom is 0.264 e. The molecule has 0 aromatic carbocycles. The average Bonchev–Trinajstić information content (AvgIpc) is 2.81. The number of hydrogen-bond acceptors (Lipinski definition) is 5. The number of amides is 2. The highest BCUT2D eigenvalue weighted by molar-refractivity contribution is 7.14. The average molecular weight is 390 g/mol. The summed E-state index contributed by atoms with van der Waals surface area (Å²) in [6, 6.07) is 4.08. The molecule has 0 bridgehead atoms. The second kappa shape index (κ2) is 9.34. The van der Waals surface area contributed by atoms with Gasteiger partial charge in [-0.05, 0) is 43.7 Å². The van der Waals surface area contributed by atoms with Gasteiger partial charge in [-0.25, -0.2) is 0 Å². The van der Waals surface area contributed by atoms with Crippen LogP contribution in [0.3, 0.4) is 0 Å². The fourth-order valence-corrected chi connectivity index (χ4v) is 5.03. The zero-order valence-electron chi connectivity index (χ0n) is 15.7. The van der Waals surface area contributed by atoms with Gasteiger partial charge in [0, 0.05) is 43.9 Å². The number of carbonyl (C=O) groups excluding carboxylic acids is 2. The van der Waals surface area contributed by atoms with Crippen LogP contribution in [0.2, 0.25) is 0 Å². The second-order valence-electron chi connectivity index (χ2n) is 7.38. The van der Waals surface area contributed by atoms with Gasteiger partial charge < -0.3 is 14.9 Å². The zero-order valence-corrected chi connectivity index (χ0v) is 16.5. The number of aliphatic hydroxyl groups is 1. The minimum Gasteiger partial charge on any atom is -0.389 e. The van der Waals surface area contributed by atoms with Crippen LogP contribution >= 0.6 is 11.3 Å². The Morgan fingerprint density at radius 2 is 1.93 bits per heavy atom. The van der Waals surface area contributed by atoms with Crippen molar-refractivity contribution in [1.82, 2.24) is 9.80 Å². The maximum absolute atomic E-state index is 13.0. The van der Waals surface area contributed by atoms with Crippen LogP contribution < -0.4 is 0 Å². The lowest BCUT2D eigenvalue weighted by Crippen LogP contribution is -2.37. The van der Waals surface area contributed by atoms with E-state index < -0.39 is 6.10 Å². The van der Waals surface area contributed by atoms with E-state index >= 15 is 0 Å². The normalized spacial score (nSPS) is 20.4. The quantitative estimate of drug-likeness (QED) is 0.633. The van der Waals surface area contributed by atoms with Gasteiger partial charge in [-0.15, -0.1) is 11.3 Å². The standard InChI is InChI=1S/C20H27N3O3S/c21-9-5-4-8-19(25)22-10-11-23(14-16(24)13-22)20(26)18-12-15-6-2-1-3-7-17(15)27-18/h12,16,24H,1-8,10-11,13-14H2. The molecule has 6 nitrogen and oxygen atoms in total. The number of fused-ring (bicyclic) bond motifs is 1. The summed E-state index contributed by atoms with van der Waals surface area (Å²) in [7, 11) is 0. The summed E-state index contributed by atoms with van der Waals surface area (Å²) < 4.78 is 0. The number of rotatable bonds is 4. The summed E-state index contributed by atoms with van der Waals surface area (Å²) in [6.45, 7) is 1.36. The first-order valence-electron chi connectivity index (χ1n) is 9.82. The Kier molecular flexibility index (Phi) is 6.86. The fourth-order valence-electron chi connectivity index (χ4n) is 3.81. The highest BCUT2D eigenvalue weighted by Gasteiger charge is 2.28. The lowest BCUT2D eigenvalue weighted by molar-refractivity contribution is -0.132. The van der Waals surface area contributed by atoms with Gasteiger partial charge in [0.05, 0.1) is 17.1 Å². The van der Waals surface area contributed by atoms with Crippen molar-refractivity contribution >= 4 is 23.2 Å². The smallest absolute Gasteiger partial charge is 0.264 e. The molecular weight excluding hydrogens is 362 g/mol. The molecule has 27 heavy (non-hydrogen) atoms. The van der Waals surface area contributed by atoms with Gasteiger partial charge >= 0.3 is 0 Å². The number of unbranched alkanes of at least 4 members (excludes halogenated alkanes) is 1. The highest BCUT2D eigenvalue weighted by atomic mass is 32.1. The molecule has 2 heterocycles. The molecule has 2 aliphatic rings. The molecule has 3 rings (SSSR count). The number of carbonyl (C=O) groups is 2. The van der Waals surface area contributed by atoms with Crippen molar-refractivity contribution in [2.24, 2.45) is 0 Å². The third-order valence-corrected chi connectivity index (χ3v) is 6.50. The van der Waals surface area contributed by atoms with E-state index in [4.69, 9.17) is 5.26 Å². The molecule has 1 aromatic heterocycles. The summed E-state index contributed by atoms with van der Waals surface area (Å²) in [5, 5.41) is 18.9. The lowest BCUT2D eigenvalue weighted by atomic mass is 10.1. The minimum atomic E-state index is -0.742. The van der Waals surface area contributed by atoms with E-state index in [1.807, 2.05) is 12.1 Å². The first kappa shape index (κ1) is 19.8. The Balaban J connectivity index is 1.63. The zero-order chi connectivity index (χ0) is 19.2. The van der Waals surface area contributed by atoms with E-state index in [-0.39, 0.29) is 24.9 Å². The Bertz CT molecular complexity index is 701. The van der Waals surface area contributed by atoms with E-state index in [0.717, 1.165) is 17.7 Å². The third-order valence-electron chi connectivity index (χ3n) is 5.28. The van der Waals surface area contributed by atoms with Crippen molar-refractivity contribution < 1.29 is 14.7 Å². The first-order chi connectivity index (χ1) is 13.1. The van der Waals surface area contributed by atoms with Crippen molar-refractivity contribution in [3.8, 4) is 6.07 Å². The van der Waals surface area contributed by atoms with E-state index in [1.54, 1.807) is 21.1 Å². The largest absolute Gasteiger partial charge is 0.389 e. The molecule has 1 atom stereocenters. The van der Waals surface area contributed by atoms with Crippen LogP contribution in [0.15, 0.2) is 6.07 Å². The van der Waals surface area contributed by atoms with Crippen LogP contribution in [0, 0.1) is 11.3 Å². The number of thiophene rings is 1. The van der Waals surface area contributed by atoms with Crippen LogP contribution in [-0.4, -0.2) is 59.0 Å². The van der Waals surface area contributed by atoms with Gasteiger partial charge in [0.2, 0.25) is 5.91 Å². The van der Waals surface area contributed by atoms with Gasteiger partial charge in [-0.3, -0.25) is 9.59 Å². The summed E-state index contributed by atoms with van der Waals surface area (Å²) in [5.74, 6) is -0.0904. The van der Waals surface area contributed by atoms with E-state index in [0.29, 0.717) is 32.4 Å². The van der Waals surface area contributed by atoms with Crippen LogP contribution in [0.25, 0.3) is 0 Å². The number of aryl methyl sites for hydroxylation is 2. The molecule has 0 radical (unpaired) electrons. The molecule has 1 aromatic rings. The number of hydrogen-bond donors (Lipinski definition) is 1. The van der Waals surface area contributed by atoms with Gasteiger partial charge in [0.1, 0.15) is 0 Å². The lowest BCUT2D eigenvalue weighted by Gasteiger charge is -2.21. The third kappa shape index (κ3) is 5.08. The molecule has 1 N–H and O–H groups in total. The van der Waals surface area contributed by atoms with Crippen LogP contribution in [0.4, 0.5) is 0 Å². The van der Waals surface area contributed by atoms with Crippen molar-refractivity contribution in [3.63, 3.8) is 0 Å². The Morgan fingerprint density at radius 1 is 1.19 bits per heavy atom. The summed E-state index contributed by atoms with van der Waals surface area (Å²) in [5.41, 5.74) is 1.31. The minimum absolute atomic E-state index is 0.0362. The molecule has 1 fully saturated rings.